The summed E-state index contributed by atoms with van der Waals surface area (Å²) in [5.74, 6) is 0. The molecule has 0 bridgehead atoms. The molecule has 1 amide bonds. The van der Waals surface area contributed by atoms with E-state index in [1.807, 2.05) is 0 Å². The summed E-state index contributed by atoms with van der Waals surface area (Å²) in [6.07, 6.45) is 0.233. The third-order valence-electron chi connectivity index (χ3n) is 1.56. The predicted octanol–water partition coefficient (Wildman–Crippen LogP) is 0.541. The number of carbonyl (C=O) groups excluding carboxylic acids is 1. The molecule has 96 valence electrons. The van der Waals surface area contributed by atoms with Crippen LogP contribution in [-0.4, -0.2) is 52.3 Å². The van der Waals surface area contributed by atoms with Gasteiger partial charge in [-0.05, 0) is 6.42 Å². The zero-order valence-electron chi connectivity index (χ0n) is 9.78. The first-order chi connectivity index (χ1) is 7.77. The SMILES string of the molecule is CCCOCCOCCOCCOC(N)=O. The molecular weight excluding hydrogens is 214 g/mol. The van der Waals surface area contributed by atoms with E-state index in [-0.39, 0.29) is 6.61 Å². The Kier molecular flexibility index (Phi) is 11.6. The number of carbonyl (C=O) groups is 1. The van der Waals surface area contributed by atoms with E-state index >= 15 is 0 Å². The van der Waals surface area contributed by atoms with Gasteiger partial charge in [-0.2, -0.15) is 0 Å². The van der Waals surface area contributed by atoms with Crippen molar-refractivity contribution < 1.29 is 23.7 Å². The number of rotatable bonds is 11. The van der Waals surface area contributed by atoms with Crippen molar-refractivity contribution >= 4 is 6.09 Å². The molecule has 0 rings (SSSR count). The fraction of sp³-hybridized carbons (Fsp3) is 0.900. The van der Waals surface area contributed by atoms with E-state index in [1.54, 1.807) is 0 Å². The molecule has 0 aromatic rings. The predicted molar refractivity (Wildman–Crippen MR) is 58.3 cm³/mol. The van der Waals surface area contributed by atoms with Crippen LogP contribution in [0.1, 0.15) is 13.3 Å². The van der Waals surface area contributed by atoms with Crippen molar-refractivity contribution in [2.75, 3.05) is 46.2 Å². The van der Waals surface area contributed by atoms with Gasteiger partial charge < -0.3 is 24.7 Å². The Balaban J connectivity index is 2.90. The van der Waals surface area contributed by atoms with E-state index in [0.29, 0.717) is 33.0 Å². The van der Waals surface area contributed by atoms with Crippen molar-refractivity contribution in [1.82, 2.24) is 0 Å². The van der Waals surface area contributed by atoms with Crippen LogP contribution in [0.25, 0.3) is 0 Å². The normalized spacial score (nSPS) is 10.3. The summed E-state index contributed by atoms with van der Waals surface area (Å²) >= 11 is 0. The lowest BCUT2D eigenvalue weighted by molar-refractivity contribution is 0.00632. The fourth-order valence-corrected chi connectivity index (χ4v) is 0.887. The monoisotopic (exact) mass is 235 g/mol. The number of nitrogens with two attached hydrogens (primary N) is 1. The molecule has 6 heteroatoms. The van der Waals surface area contributed by atoms with Crippen LogP contribution in [0.4, 0.5) is 4.79 Å². The average Bonchev–Trinajstić information content (AvgIpc) is 2.25. The minimum atomic E-state index is -0.784. The minimum absolute atomic E-state index is 0.176. The smallest absolute Gasteiger partial charge is 0.404 e. The van der Waals surface area contributed by atoms with Crippen molar-refractivity contribution in [3.8, 4) is 0 Å². The molecule has 0 radical (unpaired) electrons. The summed E-state index contributed by atoms with van der Waals surface area (Å²) in [6.45, 7) is 5.49. The summed E-state index contributed by atoms with van der Waals surface area (Å²) in [7, 11) is 0. The van der Waals surface area contributed by atoms with E-state index in [9.17, 15) is 4.79 Å². The van der Waals surface area contributed by atoms with Gasteiger partial charge in [0.1, 0.15) is 6.61 Å². The van der Waals surface area contributed by atoms with Gasteiger partial charge >= 0.3 is 6.09 Å². The quantitative estimate of drug-likeness (QED) is 0.529. The van der Waals surface area contributed by atoms with Gasteiger partial charge in [0.2, 0.25) is 0 Å². The highest BCUT2D eigenvalue weighted by Gasteiger charge is 1.94. The first kappa shape index (κ1) is 15.2. The lowest BCUT2D eigenvalue weighted by Crippen LogP contribution is -2.17. The maximum atomic E-state index is 10.2. The van der Waals surface area contributed by atoms with Crippen LogP contribution in [0.2, 0.25) is 0 Å². The summed E-state index contributed by atoms with van der Waals surface area (Å²) in [6, 6.07) is 0. The molecule has 0 aromatic carbocycles. The first-order valence-electron chi connectivity index (χ1n) is 5.42. The van der Waals surface area contributed by atoms with Gasteiger partial charge in [0.25, 0.3) is 0 Å². The summed E-state index contributed by atoms with van der Waals surface area (Å²) in [5, 5.41) is 0. The highest BCUT2D eigenvalue weighted by Crippen LogP contribution is 1.83. The molecule has 0 unspecified atom stereocenters. The van der Waals surface area contributed by atoms with Crippen LogP contribution in [0.3, 0.4) is 0 Å². The van der Waals surface area contributed by atoms with E-state index in [4.69, 9.17) is 19.9 Å². The van der Waals surface area contributed by atoms with E-state index in [0.717, 1.165) is 13.0 Å². The van der Waals surface area contributed by atoms with Crippen LogP contribution in [0, 0.1) is 0 Å². The largest absolute Gasteiger partial charge is 0.447 e. The highest BCUT2D eigenvalue weighted by atomic mass is 16.6. The topological polar surface area (TPSA) is 80.0 Å². The average molecular weight is 235 g/mol. The van der Waals surface area contributed by atoms with Gasteiger partial charge in [-0.25, -0.2) is 4.79 Å². The molecule has 0 aromatic heterocycles. The number of primary amides is 1. The second kappa shape index (κ2) is 12.2. The summed E-state index contributed by atoms with van der Waals surface area (Å²) in [4.78, 5) is 10.2. The van der Waals surface area contributed by atoms with Gasteiger partial charge in [-0.1, -0.05) is 6.92 Å². The number of ether oxygens (including phenoxy) is 4. The minimum Gasteiger partial charge on any atom is -0.447 e. The maximum Gasteiger partial charge on any atom is 0.404 e. The molecule has 6 nitrogen and oxygen atoms in total. The van der Waals surface area contributed by atoms with Crippen molar-refractivity contribution in [3.05, 3.63) is 0 Å². The molecular formula is C10H21NO5. The third kappa shape index (κ3) is 13.2. The molecule has 0 spiro atoms. The second-order valence-corrected chi connectivity index (χ2v) is 3.00. The van der Waals surface area contributed by atoms with Gasteiger partial charge in [0.05, 0.1) is 33.0 Å². The Bertz CT molecular complexity index is 165. The van der Waals surface area contributed by atoms with Crippen molar-refractivity contribution in [2.24, 2.45) is 5.73 Å². The Hall–Kier alpha value is -0.850. The maximum absolute atomic E-state index is 10.2. The molecule has 16 heavy (non-hydrogen) atoms. The lowest BCUT2D eigenvalue weighted by Gasteiger charge is -2.06. The van der Waals surface area contributed by atoms with E-state index in [1.165, 1.54) is 0 Å². The number of hydrogen-bond acceptors (Lipinski definition) is 5. The molecule has 0 saturated carbocycles. The van der Waals surface area contributed by atoms with Gasteiger partial charge in [0, 0.05) is 6.61 Å². The fourth-order valence-electron chi connectivity index (χ4n) is 0.887. The van der Waals surface area contributed by atoms with E-state index < -0.39 is 6.09 Å². The number of amides is 1. The zero-order chi connectivity index (χ0) is 12.1. The highest BCUT2D eigenvalue weighted by molar-refractivity contribution is 5.64. The van der Waals surface area contributed by atoms with Gasteiger partial charge in [-0.15, -0.1) is 0 Å². The van der Waals surface area contributed by atoms with Crippen LogP contribution < -0.4 is 5.73 Å². The van der Waals surface area contributed by atoms with Crippen LogP contribution >= 0.6 is 0 Å². The zero-order valence-corrected chi connectivity index (χ0v) is 9.78. The van der Waals surface area contributed by atoms with E-state index in [2.05, 4.69) is 11.7 Å². The standard InChI is InChI=1S/C10H21NO5/c1-2-3-13-4-5-14-6-7-15-8-9-16-10(11)12/h2-9H2,1H3,(H2,11,12). The Labute approximate surface area is 96.0 Å². The van der Waals surface area contributed by atoms with Gasteiger partial charge in [-0.3, -0.25) is 0 Å². The lowest BCUT2D eigenvalue weighted by atomic mass is 10.5. The molecule has 0 aliphatic carbocycles. The summed E-state index contributed by atoms with van der Waals surface area (Å²) in [5.41, 5.74) is 4.76. The Morgan fingerprint density at radius 1 is 0.875 bits per heavy atom. The Morgan fingerprint density at radius 3 is 1.75 bits per heavy atom. The van der Waals surface area contributed by atoms with Crippen molar-refractivity contribution in [3.63, 3.8) is 0 Å². The molecule has 0 atom stereocenters. The number of hydrogen-bond donors (Lipinski definition) is 1. The van der Waals surface area contributed by atoms with Crippen molar-refractivity contribution in [2.45, 2.75) is 13.3 Å². The molecule has 2 N–H and O–H groups in total. The van der Waals surface area contributed by atoms with Crippen LogP contribution in [-0.2, 0) is 18.9 Å². The molecule has 0 fully saturated rings. The van der Waals surface area contributed by atoms with Crippen LogP contribution in [0.5, 0.6) is 0 Å². The summed E-state index contributed by atoms with van der Waals surface area (Å²) < 4.78 is 20.0. The van der Waals surface area contributed by atoms with Gasteiger partial charge in [0.15, 0.2) is 0 Å². The third-order valence-corrected chi connectivity index (χ3v) is 1.56. The van der Waals surface area contributed by atoms with Crippen molar-refractivity contribution in [1.29, 1.82) is 0 Å². The molecule has 0 heterocycles. The molecule has 0 aliphatic heterocycles. The molecule has 0 aliphatic rings. The second-order valence-electron chi connectivity index (χ2n) is 3.00. The molecule has 0 saturated heterocycles. The van der Waals surface area contributed by atoms with Crippen LogP contribution in [0.15, 0.2) is 0 Å². The Morgan fingerprint density at radius 2 is 1.31 bits per heavy atom. The first-order valence-corrected chi connectivity index (χ1v) is 5.42.